The van der Waals surface area contributed by atoms with Crippen LogP contribution in [0.5, 0.6) is 0 Å². The number of imidazole rings is 1. The van der Waals surface area contributed by atoms with Gasteiger partial charge in [-0.2, -0.15) is 0 Å². The molecule has 3 aliphatic heterocycles. The second-order valence-electron chi connectivity index (χ2n) is 7.52. The van der Waals surface area contributed by atoms with E-state index in [0.717, 1.165) is 29.7 Å². The molecule has 150 valence electrons. The minimum absolute atomic E-state index is 0.0365. The van der Waals surface area contributed by atoms with E-state index in [1.165, 1.54) is 0 Å². The summed E-state index contributed by atoms with van der Waals surface area (Å²) in [6.07, 6.45) is 6.81. The number of amidine groups is 1. The Morgan fingerprint density at radius 2 is 1.93 bits per heavy atom. The van der Waals surface area contributed by atoms with Gasteiger partial charge in [0.1, 0.15) is 5.82 Å². The van der Waals surface area contributed by atoms with Crippen molar-refractivity contribution in [1.82, 2.24) is 19.8 Å². The molecule has 0 atom stereocenters. The van der Waals surface area contributed by atoms with Gasteiger partial charge >= 0.3 is 0 Å². The Balaban J connectivity index is 1.31. The molecule has 1 saturated heterocycles. The fourth-order valence-electron chi connectivity index (χ4n) is 4.08. The Morgan fingerprint density at radius 3 is 2.72 bits per heavy atom. The van der Waals surface area contributed by atoms with Gasteiger partial charge < -0.3 is 14.8 Å². The van der Waals surface area contributed by atoms with E-state index < -0.39 is 10.0 Å². The molecule has 5 rings (SSSR count). The first-order valence-electron chi connectivity index (χ1n) is 9.72. The number of piperidine rings is 1. The number of fused-ring (bicyclic) bond motifs is 2. The van der Waals surface area contributed by atoms with Crippen LogP contribution < -0.4 is 0 Å². The van der Waals surface area contributed by atoms with Gasteiger partial charge in [-0.25, -0.2) is 13.4 Å². The van der Waals surface area contributed by atoms with Crippen LogP contribution in [-0.4, -0.2) is 65.3 Å². The van der Waals surface area contributed by atoms with Crippen molar-refractivity contribution in [3.63, 3.8) is 0 Å². The Bertz CT molecular complexity index is 1140. The molecule has 8 nitrogen and oxygen atoms in total. The summed E-state index contributed by atoms with van der Waals surface area (Å²) in [7, 11) is -3.52. The summed E-state index contributed by atoms with van der Waals surface area (Å²) in [5, 5.41) is 0. The first-order chi connectivity index (χ1) is 14.0. The number of benzene rings is 1. The Morgan fingerprint density at radius 1 is 1.14 bits per heavy atom. The number of aromatic amines is 1. The van der Waals surface area contributed by atoms with Crippen LogP contribution in [0.4, 0.5) is 0 Å². The summed E-state index contributed by atoms with van der Waals surface area (Å²) in [4.78, 5) is 24.7. The number of H-pyrrole nitrogens is 1. The predicted molar refractivity (Wildman–Crippen MR) is 110 cm³/mol. The van der Waals surface area contributed by atoms with Gasteiger partial charge in [0, 0.05) is 31.8 Å². The largest absolute Gasteiger partial charge is 0.342 e. The average Bonchev–Trinajstić information content (AvgIpc) is 3.17. The molecule has 0 radical (unpaired) electrons. The van der Waals surface area contributed by atoms with Crippen LogP contribution in [0.2, 0.25) is 0 Å². The van der Waals surface area contributed by atoms with Crippen LogP contribution in [0.25, 0.3) is 11.0 Å². The Kier molecular flexibility index (Phi) is 4.27. The third-order valence-corrected chi connectivity index (χ3v) is 6.81. The molecule has 0 bridgehead atoms. The van der Waals surface area contributed by atoms with Gasteiger partial charge in [-0.05, 0) is 37.1 Å². The molecule has 1 N–H and O–H groups in total. The van der Waals surface area contributed by atoms with Gasteiger partial charge in [-0.1, -0.05) is 12.1 Å². The van der Waals surface area contributed by atoms with Crippen molar-refractivity contribution >= 4 is 32.8 Å². The third kappa shape index (κ3) is 3.35. The maximum Gasteiger partial charge on any atom is 0.257 e. The molecular formula is C20H21N5O3S. The molecule has 4 heterocycles. The molecule has 1 aromatic carbocycles. The first-order valence-corrected chi connectivity index (χ1v) is 11.3. The molecule has 1 amide bonds. The Labute approximate surface area is 168 Å². The van der Waals surface area contributed by atoms with Crippen molar-refractivity contribution in [2.75, 3.05) is 25.4 Å². The van der Waals surface area contributed by atoms with Crippen LogP contribution in [-0.2, 0) is 14.8 Å². The second kappa shape index (κ2) is 6.84. The maximum atomic E-state index is 13.1. The molecule has 0 aliphatic carbocycles. The van der Waals surface area contributed by atoms with Gasteiger partial charge in [-0.3, -0.25) is 4.79 Å². The molecule has 9 heteroatoms. The van der Waals surface area contributed by atoms with Crippen molar-refractivity contribution in [3.05, 3.63) is 54.0 Å². The molecule has 2 aromatic rings. The SMILES string of the molecule is O=C(C1=CC=CN2CCS(=O)(=O)N=C12)N1CCC(c2nc3ccccc3[nH]2)CC1. The number of allylic oxidation sites excluding steroid dienone is 2. The second-order valence-corrected chi connectivity index (χ2v) is 9.28. The van der Waals surface area contributed by atoms with Crippen LogP contribution >= 0.6 is 0 Å². The summed E-state index contributed by atoms with van der Waals surface area (Å²) in [6.45, 7) is 1.51. The standard InChI is InChI=1S/C20H21N5O3S/c26-20(15-4-3-9-24-12-13-29(27,28)23-19(15)24)25-10-7-14(8-11-25)18-21-16-5-1-2-6-17(16)22-18/h1-6,9,14H,7-8,10-13H2,(H,21,22). The zero-order chi connectivity index (χ0) is 20.0. The summed E-state index contributed by atoms with van der Waals surface area (Å²) in [6, 6.07) is 7.95. The van der Waals surface area contributed by atoms with Crippen molar-refractivity contribution in [1.29, 1.82) is 0 Å². The molecule has 3 aliphatic rings. The average molecular weight is 411 g/mol. The number of sulfonamides is 1. The van der Waals surface area contributed by atoms with Gasteiger partial charge in [0.2, 0.25) is 0 Å². The van der Waals surface area contributed by atoms with Gasteiger partial charge in [-0.15, -0.1) is 4.40 Å². The number of rotatable bonds is 2. The summed E-state index contributed by atoms with van der Waals surface area (Å²) in [5.74, 6) is 1.27. The lowest BCUT2D eigenvalue weighted by Gasteiger charge is -2.34. The molecule has 29 heavy (non-hydrogen) atoms. The van der Waals surface area contributed by atoms with Crippen LogP contribution in [0, 0.1) is 0 Å². The zero-order valence-electron chi connectivity index (χ0n) is 15.8. The highest BCUT2D eigenvalue weighted by atomic mass is 32.2. The van der Waals surface area contributed by atoms with Gasteiger partial charge in [0.05, 0.1) is 22.4 Å². The van der Waals surface area contributed by atoms with E-state index in [1.54, 1.807) is 28.2 Å². The first kappa shape index (κ1) is 18.1. The van der Waals surface area contributed by atoms with E-state index >= 15 is 0 Å². The number of amides is 1. The van der Waals surface area contributed by atoms with E-state index in [1.807, 2.05) is 24.3 Å². The summed E-state index contributed by atoms with van der Waals surface area (Å²) >= 11 is 0. The van der Waals surface area contributed by atoms with Gasteiger partial charge in [0.15, 0.2) is 5.84 Å². The molecule has 0 unspecified atom stereocenters. The number of likely N-dealkylation sites (tertiary alicyclic amines) is 1. The molecule has 1 fully saturated rings. The van der Waals surface area contributed by atoms with E-state index in [9.17, 15) is 13.2 Å². The lowest BCUT2D eigenvalue weighted by Crippen LogP contribution is -2.45. The minimum atomic E-state index is -3.52. The summed E-state index contributed by atoms with van der Waals surface area (Å²) < 4.78 is 27.7. The van der Waals surface area contributed by atoms with E-state index in [4.69, 9.17) is 4.98 Å². The topological polar surface area (TPSA) is 98.7 Å². The fourth-order valence-corrected chi connectivity index (χ4v) is 5.06. The van der Waals surface area contributed by atoms with Crippen LogP contribution in [0.1, 0.15) is 24.6 Å². The molecular weight excluding hydrogens is 390 g/mol. The van der Waals surface area contributed by atoms with Crippen LogP contribution in [0.3, 0.4) is 0 Å². The number of hydrogen-bond donors (Lipinski definition) is 1. The zero-order valence-corrected chi connectivity index (χ0v) is 16.6. The van der Waals surface area contributed by atoms with Crippen molar-refractivity contribution < 1.29 is 13.2 Å². The normalized spacial score (nSPS) is 21.7. The lowest BCUT2D eigenvalue weighted by molar-refractivity contribution is -0.127. The van der Waals surface area contributed by atoms with Crippen molar-refractivity contribution in [2.45, 2.75) is 18.8 Å². The van der Waals surface area contributed by atoms with E-state index in [2.05, 4.69) is 9.38 Å². The predicted octanol–water partition coefficient (Wildman–Crippen LogP) is 1.77. The molecule has 0 spiro atoms. The highest BCUT2D eigenvalue weighted by Gasteiger charge is 2.34. The number of aromatic nitrogens is 2. The van der Waals surface area contributed by atoms with E-state index in [0.29, 0.717) is 25.2 Å². The minimum Gasteiger partial charge on any atom is -0.342 e. The number of carbonyl (C=O) groups is 1. The fraction of sp³-hybridized carbons (Fsp3) is 0.350. The van der Waals surface area contributed by atoms with Crippen LogP contribution in [0.15, 0.2) is 52.6 Å². The highest BCUT2D eigenvalue weighted by molar-refractivity contribution is 7.90. The Hall–Kier alpha value is -2.94. The number of carbonyl (C=O) groups excluding carboxylic acids is 1. The highest BCUT2D eigenvalue weighted by Crippen LogP contribution is 2.29. The van der Waals surface area contributed by atoms with E-state index in [-0.39, 0.29) is 23.4 Å². The quantitative estimate of drug-likeness (QED) is 0.812. The van der Waals surface area contributed by atoms with Crippen molar-refractivity contribution in [3.8, 4) is 0 Å². The smallest absolute Gasteiger partial charge is 0.257 e. The maximum absolute atomic E-state index is 13.1. The summed E-state index contributed by atoms with van der Waals surface area (Å²) in [5.41, 5.74) is 2.33. The third-order valence-electron chi connectivity index (χ3n) is 5.66. The number of nitrogens with one attached hydrogen (secondary N) is 1. The molecule has 1 aromatic heterocycles. The number of hydrogen-bond acceptors (Lipinski definition) is 5. The van der Waals surface area contributed by atoms with Gasteiger partial charge in [0.25, 0.3) is 15.9 Å². The monoisotopic (exact) mass is 411 g/mol. The van der Waals surface area contributed by atoms with Crippen molar-refractivity contribution in [2.24, 2.45) is 4.40 Å². The number of para-hydroxylation sites is 2. The molecule has 0 saturated carbocycles. The lowest BCUT2D eigenvalue weighted by atomic mass is 9.95. The number of nitrogens with zero attached hydrogens (tertiary/aromatic N) is 4.